The number of nitro groups is 2. The van der Waals surface area contributed by atoms with Crippen molar-refractivity contribution in [1.29, 1.82) is 0 Å². The van der Waals surface area contributed by atoms with Crippen LogP contribution in [0.5, 0.6) is 0 Å². The summed E-state index contributed by atoms with van der Waals surface area (Å²) in [6, 6.07) is 0. The third kappa shape index (κ3) is 5.54. The first-order valence-corrected chi connectivity index (χ1v) is 4.89. The van der Waals surface area contributed by atoms with E-state index in [9.17, 15) is 33.2 Å². The first-order valence-electron chi connectivity index (χ1n) is 3.56. The van der Waals surface area contributed by atoms with Gasteiger partial charge in [-0.1, -0.05) is 5.11 Å². The first kappa shape index (κ1) is 19.3. The topological polar surface area (TPSA) is 201 Å². The summed E-state index contributed by atoms with van der Waals surface area (Å²) in [5, 5.41) is 23.6. The van der Waals surface area contributed by atoms with E-state index in [1.807, 2.05) is 0 Å². The van der Waals surface area contributed by atoms with Crippen molar-refractivity contribution in [2.45, 2.75) is 5.66 Å². The molecular weight excluding hydrogens is 289 g/mol. The molecule has 0 radical (unpaired) electrons. The largest absolute Gasteiger partial charge is 1.00 e. The van der Waals surface area contributed by atoms with E-state index >= 15 is 0 Å². The zero-order chi connectivity index (χ0) is 13.7. The van der Waals surface area contributed by atoms with Crippen molar-refractivity contribution >= 4 is 10.4 Å². The fraction of sp³-hybridized carbons (Fsp3) is 1.00. The number of hydrogen-bond donors (Lipinski definition) is 0. The predicted octanol–water partition coefficient (Wildman–Crippen LogP) is -3.97. The van der Waals surface area contributed by atoms with Crippen LogP contribution in [0, 0.1) is 20.2 Å². The minimum atomic E-state index is -5.34. The van der Waals surface area contributed by atoms with Crippen LogP contribution in [-0.2, 0) is 14.6 Å². The maximum atomic E-state index is 10.5. The standard InChI is InChI=1S/C3H5N5O8S.Na/c4-6-5-1-3(7(9)10,8(11)12)2-16-17(13,14)15;/h1-2H2,(H,13,14,15);/q;+1/p-1. The fourth-order valence-corrected chi connectivity index (χ4v) is 0.978. The summed E-state index contributed by atoms with van der Waals surface area (Å²) in [7, 11) is -5.34. The van der Waals surface area contributed by atoms with Crippen LogP contribution in [0.1, 0.15) is 0 Å². The first-order chi connectivity index (χ1) is 7.65. The average molecular weight is 293 g/mol. The second kappa shape index (κ2) is 7.42. The van der Waals surface area contributed by atoms with Crippen molar-refractivity contribution in [2.24, 2.45) is 5.11 Å². The van der Waals surface area contributed by atoms with Crippen LogP contribution in [0.15, 0.2) is 5.11 Å². The Hall–Kier alpha value is -1.02. The fourth-order valence-electron chi connectivity index (χ4n) is 0.645. The van der Waals surface area contributed by atoms with Gasteiger partial charge >= 0.3 is 35.2 Å². The van der Waals surface area contributed by atoms with Crippen LogP contribution in [0.3, 0.4) is 0 Å². The molecule has 0 bridgehead atoms. The molecule has 0 aromatic heterocycles. The van der Waals surface area contributed by atoms with E-state index in [2.05, 4.69) is 14.2 Å². The third-order valence-corrected chi connectivity index (χ3v) is 1.91. The van der Waals surface area contributed by atoms with Gasteiger partial charge in [-0.05, 0) is 5.53 Å². The zero-order valence-electron chi connectivity index (χ0n) is 8.82. The molecule has 0 saturated carbocycles. The molecule has 0 aliphatic heterocycles. The Labute approximate surface area is 121 Å². The van der Waals surface area contributed by atoms with E-state index in [0.717, 1.165) is 0 Å². The monoisotopic (exact) mass is 293 g/mol. The Morgan fingerprint density at radius 1 is 1.33 bits per heavy atom. The van der Waals surface area contributed by atoms with Gasteiger partial charge in [-0.15, -0.1) is 0 Å². The molecule has 18 heavy (non-hydrogen) atoms. The molecule has 0 aromatic rings. The van der Waals surface area contributed by atoms with E-state index in [1.165, 1.54) is 0 Å². The van der Waals surface area contributed by atoms with Crippen LogP contribution in [0.25, 0.3) is 10.4 Å². The van der Waals surface area contributed by atoms with Crippen LogP contribution < -0.4 is 29.6 Å². The molecule has 0 aliphatic carbocycles. The number of azide groups is 1. The van der Waals surface area contributed by atoms with Gasteiger partial charge in [0.2, 0.25) is 17.0 Å². The van der Waals surface area contributed by atoms with E-state index in [4.69, 9.17) is 5.53 Å². The van der Waals surface area contributed by atoms with Crippen molar-refractivity contribution < 1.29 is 56.6 Å². The van der Waals surface area contributed by atoms with Gasteiger partial charge in [0.1, 0.15) is 9.85 Å². The molecule has 0 fully saturated rings. The van der Waals surface area contributed by atoms with Gasteiger partial charge in [-0.25, -0.2) is 8.42 Å². The van der Waals surface area contributed by atoms with Crippen molar-refractivity contribution in [3.63, 3.8) is 0 Å². The van der Waals surface area contributed by atoms with Gasteiger partial charge < -0.3 is 4.55 Å². The van der Waals surface area contributed by atoms with Gasteiger partial charge in [0.15, 0.2) is 6.54 Å². The van der Waals surface area contributed by atoms with E-state index in [1.54, 1.807) is 0 Å². The number of nitrogens with zero attached hydrogens (tertiary/aromatic N) is 5. The van der Waals surface area contributed by atoms with E-state index in [-0.39, 0.29) is 29.6 Å². The molecule has 0 heterocycles. The van der Waals surface area contributed by atoms with Crippen molar-refractivity contribution in [1.82, 2.24) is 0 Å². The molecule has 0 unspecified atom stereocenters. The van der Waals surface area contributed by atoms with Crippen molar-refractivity contribution in [3.8, 4) is 0 Å². The minimum absolute atomic E-state index is 0. The smallest absolute Gasteiger partial charge is 0.726 e. The molecule has 0 aliphatic rings. The molecule has 0 saturated heterocycles. The maximum Gasteiger partial charge on any atom is 1.00 e. The molecule has 13 nitrogen and oxygen atoms in total. The van der Waals surface area contributed by atoms with E-state index in [0.29, 0.717) is 0 Å². The summed E-state index contributed by atoms with van der Waals surface area (Å²) in [5.41, 5.74) is 4.70. The Bertz CT molecular complexity index is 455. The molecule has 0 N–H and O–H groups in total. The predicted molar refractivity (Wildman–Crippen MR) is 46.4 cm³/mol. The molecule has 96 valence electrons. The second-order valence-corrected chi connectivity index (χ2v) is 3.61. The molecular formula is C3H4N5NaO8S. The Balaban J connectivity index is 0. The maximum absolute atomic E-state index is 10.5. The SMILES string of the molecule is [N-]=[N+]=NCC(COS(=O)(=O)[O-])([N+](=O)[O-])[N+](=O)[O-].[Na+]. The van der Waals surface area contributed by atoms with Crippen molar-refractivity contribution in [2.75, 3.05) is 13.2 Å². The third-order valence-electron chi connectivity index (χ3n) is 1.50. The van der Waals surface area contributed by atoms with Gasteiger partial charge in [0.05, 0.1) is 0 Å². The summed E-state index contributed by atoms with van der Waals surface area (Å²) >= 11 is 0. The van der Waals surface area contributed by atoms with Gasteiger partial charge in [-0.3, -0.25) is 24.4 Å². The molecule has 0 rings (SSSR count). The van der Waals surface area contributed by atoms with Crippen LogP contribution >= 0.6 is 0 Å². The Kier molecular flexibility index (Phi) is 7.97. The summed E-state index contributed by atoms with van der Waals surface area (Å²) in [5.74, 6) is 0. The summed E-state index contributed by atoms with van der Waals surface area (Å²) < 4.78 is 33.7. The van der Waals surface area contributed by atoms with Gasteiger partial charge in [0, 0.05) is 4.91 Å². The van der Waals surface area contributed by atoms with Gasteiger partial charge in [0.25, 0.3) is 0 Å². The summed E-state index contributed by atoms with van der Waals surface area (Å²) in [6.07, 6.45) is 0. The molecule has 0 spiro atoms. The molecule has 15 heteroatoms. The molecule has 0 atom stereocenters. The van der Waals surface area contributed by atoms with Crippen LogP contribution in [0.2, 0.25) is 0 Å². The van der Waals surface area contributed by atoms with Crippen molar-refractivity contribution in [3.05, 3.63) is 30.7 Å². The van der Waals surface area contributed by atoms with Gasteiger partial charge in [-0.2, -0.15) is 0 Å². The van der Waals surface area contributed by atoms with Crippen LogP contribution in [0.4, 0.5) is 0 Å². The Morgan fingerprint density at radius 3 is 2.06 bits per heavy atom. The number of rotatable bonds is 7. The van der Waals surface area contributed by atoms with Crippen LogP contribution in [-0.4, -0.2) is 41.6 Å². The molecule has 0 amide bonds. The zero-order valence-corrected chi connectivity index (χ0v) is 11.6. The normalized spacial score (nSPS) is 10.9. The molecule has 0 aromatic carbocycles. The quantitative estimate of drug-likeness (QED) is 0.0519. The summed E-state index contributed by atoms with van der Waals surface area (Å²) in [4.78, 5) is 20.0. The Morgan fingerprint density at radius 2 is 1.78 bits per heavy atom. The average Bonchev–Trinajstić information content (AvgIpc) is 2.15. The summed E-state index contributed by atoms with van der Waals surface area (Å²) in [6.45, 7) is -2.98. The number of hydrogen-bond acceptors (Lipinski definition) is 9. The van der Waals surface area contributed by atoms with E-state index < -0.39 is 39.1 Å². The second-order valence-electron chi connectivity index (χ2n) is 2.56. The minimum Gasteiger partial charge on any atom is -0.726 e.